The first kappa shape index (κ1) is 20.9. The predicted molar refractivity (Wildman–Crippen MR) is 123 cm³/mol. The number of rotatable bonds is 6. The van der Waals surface area contributed by atoms with Gasteiger partial charge in [-0.15, -0.1) is 0 Å². The molecule has 4 aromatic rings. The Kier molecular flexibility index (Phi) is 6.18. The average Bonchev–Trinajstić information content (AvgIpc) is 2.79. The van der Waals surface area contributed by atoms with Gasteiger partial charge in [0, 0.05) is 27.4 Å². The van der Waals surface area contributed by atoms with E-state index in [0.29, 0.717) is 22.2 Å². The first-order valence-electron chi connectivity index (χ1n) is 9.67. The molecule has 0 aliphatic carbocycles. The van der Waals surface area contributed by atoms with Gasteiger partial charge in [0.15, 0.2) is 6.04 Å². The van der Waals surface area contributed by atoms with E-state index in [4.69, 9.17) is 0 Å². The summed E-state index contributed by atoms with van der Waals surface area (Å²) in [6.07, 6.45) is 1.25. The topological polar surface area (TPSA) is 62.5 Å². The van der Waals surface area contributed by atoms with E-state index in [0.717, 1.165) is 21.8 Å². The lowest BCUT2D eigenvalue weighted by atomic mass is 9.99. The molecule has 0 bridgehead atoms. The average molecular weight is 477 g/mol. The number of pyridine rings is 1. The molecule has 6 heteroatoms. The van der Waals surface area contributed by atoms with E-state index in [9.17, 15) is 14.3 Å². The van der Waals surface area contributed by atoms with E-state index < -0.39 is 17.8 Å². The van der Waals surface area contributed by atoms with Crippen LogP contribution in [-0.2, 0) is 11.2 Å². The Morgan fingerprint density at radius 1 is 1.00 bits per heavy atom. The number of aliphatic imine (C=N–C) groups is 1. The molecule has 1 atom stereocenters. The van der Waals surface area contributed by atoms with Crippen molar-refractivity contribution in [1.29, 1.82) is 0 Å². The molecule has 3 aromatic carbocycles. The number of benzene rings is 3. The molecule has 0 fully saturated rings. The zero-order valence-electron chi connectivity index (χ0n) is 16.4. The number of hydrogen-bond donors (Lipinski definition) is 1. The van der Waals surface area contributed by atoms with Crippen molar-refractivity contribution in [1.82, 2.24) is 4.98 Å². The number of halogens is 2. The minimum atomic E-state index is -1.05. The summed E-state index contributed by atoms with van der Waals surface area (Å²) in [4.78, 5) is 21.0. The maximum atomic E-state index is 13.9. The van der Waals surface area contributed by atoms with Gasteiger partial charge in [-0.25, -0.2) is 9.18 Å². The van der Waals surface area contributed by atoms with Crippen LogP contribution in [0.4, 0.5) is 4.39 Å². The monoisotopic (exact) mass is 476 g/mol. The third-order valence-electron chi connectivity index (χ3n) is 4.94. The molecule has 0 aliphatic rings. The van der Waals surface area contributed by atoms with Crippen molar-refractivity contribution in [2.75, 3.05) is 0 Å². The fraction of sp³-hybridized carbons (Fsp3) is 0.0800. The molecule has 0 saturated heterocycles. The largest absolute Gasteiger partial charge is 0.480 e. The molecule has 0 saturated carbocycles. The molecule has 154 valence electrons. The van der Waals surface area contributed by atoms with Gasteiger partial charge >= 0.3 is 5.97 Å². The second kappa shape index (κ2) is 9.18. The maximum Gasteiger partial charge on any atom is 0.328 e. The zero-order chi connectivity index (χ0) is 21.8. The lowest BCUT2D eigenvalue weighted by Gasteiger charge is -2.14. The number of aromatic nitrogens is 1. The van der Waals surface area contributed by atoms with Crippen molar-refractivity contribution < 1.29 is 14.3 Å². The molecule has 1 N–H and O–H groups in total. The summed E-state index contributed by atoms with van der Waals surface area (Å²) in [5.74, 6) is -1.53. The Hall–Kier alpha value is -3.38. The summed E-state index contributed by atoms with van der Waals surface area (Å²) < 4.78 is 14.6. The Morgan fingerprint density at radius 3 is 2.19 bits per heavy atom. The van der Waals surface area contributed by atoms with Crippen molar-refractivity contribution in [3.8, 4) is 0 Å². The van der Waals surface area contributed by atoms with Crippen molar-refractivity contribution in [2.24, 2.45) is 4.99 Å². The molecule has 4 rings (SSSR count). The molecular weight excluding hydrogens is 459 g/mol. The fourth-order valence-electron chi connectivity index (χ4n) is 3.45. The molecule has 0 spiro atoms. The molecule has 4 nitrogen and oxygen atoms in total. The van der Waals surface area contributed by atoms with Crippen LogP contribution in [0.15, 0.2) is 94.5 Å². The highest BCUT2D eigenvalue weighted by molar-refractivity contribution is 9.10. The second-order valence-electron chi connectivity index (χ2n) is 7.02. The number of fused-ring (bicyclic) bond motifs is 1. The van der Waals surface area contributed by atoms with Crippen LogP contribution in [0.25, 0.3) is 10.9 Å². The quantitative estimate of drug-likeness (QED) is 0.364. The SMILES string of the molecule is O=C(O)[C@H](Cc1ccc(Br)c2ncc(F)cc12)N=C(c1ccccc1)c1ccccc1. The van der Waals surface area contributed by atoms with Crippen molar-refractivity contribution in [3.05, 3.63) is 112 Å². The Balaban J connectivity index is 1.81. The van der Waals surface area contributed by atoms with E-state index in [2.05, 4.69) is 25.9 Å². The zero-order valence-corrected chi connectivity index (χ0v) is 18.0. The van der Waals surface area contributed by atoms with Crippen molar-refractivity contribution >= 4 is 38.5 Å². The van der Waals surface area contributed by atoms with Gasteiger partial charge in [-0.05, 0) is 33.6 Å². The highest BCUT2D eigenvalue weighted by atomic mass is 79.9. The molecular formula is C25H18BrFN2O2. The Morgan fingerprint density at radius 2 is 1.61 bits per heavy atom. The molecule has 0 unspecified atom stereocenters. The van der Waals surface area contributed by atoms with E-state index in [-0.39, 0.29) is 6.42 Å². The molecule has 1 heterocycles. The number of carbonyl (C=O) groups is 1. The summed E-state index contributed by atoms with van der Waals surface area (Å²) in [6, 6.07) is 22.9. The standard InChI is InChI=1S/C25H18BrFN2O2/c26-21-12-11-18(20-14-19(27)15-28-24(20)21)13-22(25(30)31)29-23(16-7-3-1-4-8-16)17-9-5-2-6-10-17/h1-12,14-15,22H,13H2,(H,30,31)/t22-/m0/s1. The van der Waals surface area contributed by atoms with Crippen LogP contribution in [0.2, 0.25) is 0 Å². The third-order valence-corrected chi connectivity index (χ3v) is 5.57. The smallest absolute Gasteiger partial charge is 0.328 e. The molecule has 0 aliphatic heterocycles. The van der Waals surface area contributed by atoms with Crippen LogP contribution in [0.5, 0.6) is 0 Å². The van der Waals surface area contributed by atoms with Crippen LogP contribution in [0, 0.1) is 5.82 Å². The summed E-state index contributed by atoms with van der Waals surface area (Å²) in [6.45, 7) is 0. The second-order valence-corrected chi connectivity index (χ2v) is 7.88. The van der Waals surface area contributed by atoms with E-state index >= 15 is 0 Å². The van der Waals surface area contributed by atoms with Gasteiger partial charge in [0.25, 0.3) is 0 Å². The first-order chi connectivity index (χ1) is 15.0. The van der Waals surface area contributed by atoms with Gasteiger partial charge in [-0.2, -0.15) is 0 Å². The molecule has 0 radical (unpaired) electrons. The number of nitrogens with zero attached hydrogens (tertiary/aromatic N) is 2. The number of aliphatic carboxylic acids is 1. The lowest BCUT2D eigenvalue weighted by molar-refractivity contribution is -0.138. The Labute approximate surface area is 187 Å². The van der Waals surface area contributed by atoms with Crippen LogP contribution >= 0.6 is 15.9 Å². The minimum absolute atomic E-state index is 0.105. The van der Waals surface area contributed by atoms with Gasteiger partial charge in [0.2, 0.25) is 0 Å². The fourth-order valence-corrected chi connectivity index (χ4v) is 3.90. The van der Waals surface area contributed by atoms with Crippen LogP contribution in [0.1, 0.15) is 16.7 Å². The summed E-state index contributed by atoms with van der Waals surface area (Å²) in [7, 11) is 0. The number of carboxylic acid groups (broad SMARTS) is 1. The Bertz CT molecular complexity index is 1220. The minimum Gasteiger partial charge on any atom is -0.480 e. The van der Waals surface area contributed by atoms with E-state index in [1.165, 1.54) is 6.07 Å². The number of hydrogen-bond acceptors (Lipinski definition) is 3. The van der Waals surface area contributed by atoms with Crippen LogP contribution < -0.4 is 0 Å². The predicted octanol–water partition coefficient (Wildman–Crippen LogP) is 5.67. The summed E-state index contributed by atoms with van der Waals surface area (Å²) in [5.41, 5.74) is 3.50. The maximum absolute atomic E-state index is 13.9. The summed E-state index contributed by atoms with van der Waals surface area (Å²) in [5, 5.41) is 10.5. The summed E-state index contributed by atoms with van der Waals surface area (Å²) >= 11 is 3.42. The van der Waals surface area contributed by atoms with Crippen molar-refractivity contribution in [2.45, 2.75) is 12.5 Å². The third kappa shape index (κ3) is 4.70. The van der Waals surface area contributed by atoms with Crippen LogP contribution in [-0.4, -0.2) is 27.8 Å². The van der Waals surface area contributed by atoms with Crippen molar-refractivity contribution in [3.63, 3.8) is 0 Å². The highest BCUT2D eigenvalue weighted by Crippen LogP contribution is 2.27. The first-order valence-corrected chi connectivity index (χ1v) is 10.5. The van der Waals surface area contributed by atoms with Crippen LogP contribution in [0.3, 0.4) is 0 Å². The molecule has 0 amide bonds. The van der Waals surface area contributed by atoms with Gasteiger partial charge in [-0.1, -0.05) is 66.7 Å². The number of carboxylic acids is 1. The van der Waals surface area contributed by atoms with E-state index in [1.54, 1.807) is 12.1 Å². The molecule has 31 heavy (non-hydrogen) atoms. The van der Waals surface area contributed by atoms with Gasteiger partial charge < -0.3 is 5.11 Å². The molecule has 1 aromatic heterocycles. The highest BCUT2D eigenvalue weighted by Gasteiger charge is 2.21. The lowest BCUT2D eigenvalue weighted by Crippen LogP contribution is -2.23. The van der Waals surface area contributed by atoms with Gasteiger partial charge in [-0.3, -0.25) is 9.98 Å². The van der Waals surface area contributed by atoms with Gasteiger partial charge in [0.05, 0.1) is 17.4 Å². The van der Waals surface area contributed by atoms with Gasteiger partial charge in [0.1, 0.15) is 5.82 Å². The normalized spacial score (nSPS) is 11.8. The van der Waals surface area contributed by atoms with E-state index in [1.807, 2.05) is 60.7 Å².